The van der Waals surface area contributed by atoms with E-state index in [-0.39, 0.29) is 0 Å². The molecule has 0 aliphatic rings. The van der Waals surface area contributed by atoms with E-state index in [1.54, 1.807) is 0 Å². The number of para-hydroxylation sites is 2. The van der Waals surface area contributed by atoms with Crippen LogP contribution in [0.15, 0.2) is 54.7 Å². The number of aromatic amines is 1. The zero-order valence-electron chi connectivity index (χ0n) is 9.97. The smallest absolute Gasteiger partial charge is 0.212 e. The number of nitrogens with one attached hydrogen (secondary N) is 1. The van der Waals surface area contributed by atoms with Gasteiger partial charge >= 0.3 is 0 Å². The van der Waals surface area contributed by atoms with Gasteiger partial charge in [-0.2, -0.15) is 0 Å². The third-order valence-corrected chi connectivity index (χ3v) is 3.51. The average Bonchev–Trinajstić information content (AvgIpc) is 2.97. The van der Waals surface area contributed by atoms with Gasteiger partial charge in [-0.15, -0.1) is 0 Å². The number of fused-ring (bicyclic) bond motifs is 3. The molecule has 0 saturated carbocycles. The van der Waals surface area contributed by atoms with Gasteiger partial charge < -0.3 is 4.98 Å². The van der Waals surface area contributed by atoms with Crippen LogP contribution in [0.1, 0.15) is 0 Å². The molecule has 0 amide bonds. The van der Waals surface area contributed by atoms with Gasteiger partial charge in [0.1, 0.15) is 0 Å². The van der Waals surface area contributed by atoms with Crippen LogP contribution in [0, 0.1) is 0 Å². The Bertz CT molecular complexity index is 871. The molecule has 19 heavy (non-hydrogen) atoms. The lowest BCUT2D eigenvalue weighted by Crippen LogP contribution is -1.77. The number of H-pyrrole nitrogens is 1. The van der Waals surface area contributed by atoms with Gasteiger partial charge in [0, 0.05) is 11.2 Å². The fourth-order valence-electron chi connectivity index (χ4n) is 2.32. The molecule has 0 radical (unpaired) electrons. The molecule has 3 nitrogen and oxygen atoms in total. The molecule has 92 valence electrons. The summed E-state index contributed by atoms with van der Waals surface area (Å²) in [6.07, 6.45) is 2.06. The van der Waals surface area contributed by atoms with Crippen molar-refractivity contribution in [3.05, 3.63) is 59.8 Å². The van der Waals surface area contributed by atoms with Crippen LogP contribution in [-0.4, -0.2) is 14.4 Å². The molecule has 4 rings (SSSR count). The SMILES string of the molecule is Clc1ccc(-c2cn3c(nc4ccccc43)[nH]2)cc1. The summed E-state index contributed by atoms with van der Waals surface area (Å²) < 4.78 is 2.07. The second-order valence-corrected chi connectivity index (χ2v) is 4.91. The quantitative estimate of drug-likeness (QED) is 0.552. The van der Waals surface area contributed by atoms with Crippen molar-refractivity contribution in [2.45, 2.75) is 0 Å². The van der Waals surface area contributed by atoms with E-state index in [9.17, 15) is 0 Å². The highest BCUT2D eigenvalue weighted by molar-refractivity contribution is 6.30. The van der Waals surface area contributed by atoms with E-state index in [0.29, 0.717) is 0 Å². The number of benzene rings is 2. The Labute approximate surface area is 114 Å². The van der Waals surface area contributed by atoms with Gasteiger partial charge in [0.25, 0.3) is 0 Å². The molecular formula is C15H10ClN3. The summed E-state index contributed by atoms with van der Waals surface area (Å²) in [5.41, 5.74) is 4.23. The summed E-state index contributed by atoms with van der Waals surface area (Å²) >= 11 is 5.91. The lowest BCUT2D eigenvalue weighted by atomic mass is 10.2. The standard InChI is InChI=1S/C15H10ClN3/c16-11-7-5-10(6-8-11)13-9-19-14-4-2-1-3-12(14)17-15(19)18-13/h1-9H,(H,17,18). The molecule has 4 aromatic rings. The lowest BCUT2D eigenvalue weighted by Gasteiger charge is -1.96. The first-order valence-electron chi connectivity index (χ1n) is 6.03. The third kappa shape index (κ3) is 1.63. The number of imidazole rings is 2. The highest BCUT2D eigenvalue weighted by Gasteiger charge is 2.08. The molecule has 2 aromatic carbocycles. The van der Waals surface area contributed by atoms with E-state index in [0.717, 1.165) is 33.1 Å². The molecule has 2 aromatic heterocycles. The van der Waals surface area contributed by atoms with Gasteiger partial charge in [0.2, 0.25) is 5.78 Å². The summed E-state index contributed by atoms with van der Waals surface area (Å²) in [4.78, 5) is 7.89. The number of rotatable bonds is 1. The zero-order chi connectivity index (χ0) is 12.8. The van der Waals surface area contributed by atoms with Crippen LogP contribution in [0.5, 0.6) is 0 Å². The number of hydrogen-bond acceptors (Lipinski definition) is 1. The normalized spacial score (nSPS) is 11.4. The molecule has 0 aliphatic heterocycles. The number of nitrogens with zero attached hydrogens (tertiary/aromatic N) is 2. The first-order chi connectivity index (χ1) is 9.31. The van der Waals surface area contributed by atoms with Crippen molar-refractivity contribution < 1.29 is 0 Å². The Hall–Kier alpha value is -2.26. The second kappa shape index (κ2) is 3.87. The van der Waals surface area contributed by atoms with E-state index in [1.165, 1.54) is 0 Å². The largest absolute Gasteiger partial charge is 0.323 e. The van der Waals surface area contributed by atoms with Crippen molar-refractivity contribution in [2.75, 3.05) is 0 Å². The van der Waals surface area contributed by atoms with Crippen LogP contribution < -0.4 is 0 Å². The molecule has 0 unspecified atom stereocenters. The van der Waals surface area contributed by atoms with E-state index >= 15 is 0 Å². The Morgan fingerprint density at radius 1 is 1.00 bits per heavy atom. The van der Waals surface area contributed by atoms with Crippen LogP contribution in [0.2, 0.25) is 5.02 Å². The highest BCUT2D eigenvalue weighted by Crippen LogP contribution is 2.23. The summed E-state index contributed by atoms with van der Waals surface area (Å²) in [5.74, 6) is 0.853. The Balaban J connectivity index is 1.94. The predicted molar refractivity (Wildman–Crippen MR) is 77.5 cm³/mol. The molecular weight excluding hydrogens is 258 g/mol. The molecule has 0 spiro atoms. The average molecular weight is 268 g/mol. The minimum absolute atomic E-state index is 0.741. The number of aromatic nitrogens is 3. The zero-order valence-corrected chi connectivity index (χ0v) is 10.7. The van der Waals surface area contributed by atoms with Crippen molar-refractivity contribution in [2.24, 2.45) is 0 Å². The summed E-state index contributed by atoms with van der Waals surface area (Å²) in [5, 5.41) is 0.741. The molecule has 2 heterocycles. The summed E-state index contributed by atoms with van der Waals surface area (Å²) in [6, 6.07) is 15.9. The summed E-state index contributed by atoms with van der Waals surface area (Å²) in [7, 11) is 0. The Morgan fingerprint density at radius 2 is 1.79 bits per heavy atom. The number of hydrogen-bond donors (Lipinski definition) is 1. The molecule has 0 bridgehead atoms. The Kier molecular flexibility index (Phi) is 2.17. The molecule has 0 aliphatic carbocycles. The molecule has 0 fully saturated rings. The van der Waals surface area contributed by atoms with Crippen LogP contribution in [-0.2, 0) is 0 Å². The predicted octanol–water partition coefficient (Wildman–Crippen LogP) is 4.14. The van der Waals surface area contributed by atoms with E-state index in [4.69, 9.17) is 11.6 Å². The molecule has 0 saturated heterocycles. The maximum absolute atomic E-state index is 5.91. The maximum atomic E-state index is 5.91. The van der Waals surface area contributed by atoms with Crippen LogP contribution in [0.25, 0.3) is 28.1 Å². The minimum Gasteiger partial charge on any atom is -0.323 e. The first-order valence-corrected chi connectivity index (χ1v) is 6.41. The highest BCUT2D eigenvalue weighted by atomic mass is 35.5. The maximum Gasteiger partial charge on any atom is 0.212 e. The van der Waals surface area contributed by atoms with Crippen molar-refractivity contribution >= 4 is 28.4 Å². The topological polar surface area (TPSA) is 33.1 Å². The fourth-order valence-corrected chi connectivity index (χ4v) is 2.45. The number of halogens is 1. The van der Waals surface area contributed by atoms with Gasteiger partial charge in [-0.25, -0.2) is 4.98 Å². The first kappa shape index (κ1) is 10.6. The van der Waals surface area contributed by atoms with Crippen molar-refractivity contribution in [3.8, 4) is 11.3 Å². The molecule has 1 N–H and O–H groups in total. The van der Waals surface area contributed by atoms with Gasteiger partial charge in [0.15, 0.2) is 0 Å². The lowest BCUT2D eigenvalue weighted by molar-refractivity contribution is 1.25. The van der Waals surface area contributed by atoms with Gasteiger partial charge in [-0.05, 0) is 29.8 Å². The van der Waals surface area contributed by atoms with Gasteiger partial charge in [0.05, 0.1) is 16.7 Å². The van der Waals surface area contributed by atoms with Crippen molar-refractivity contribution in [3.63, 3.8) is 0 Å². The fraction of sp³-hybridized carbons (Fsp3) is 0. The Morgan fingerprint density at radius 3 is 2.63 bits per heavy atom. The van der Waals surface area contributed by atoms with E-state index in [1.807, 2.05) is 42.5 Å². The van der Waals surface area contributed by atoms with E-state index < -0.39 is 0 Å². The van der Waals surface area contributed by atoms with E-state index in [2.05, 4.69) is 26.6 Å². The summed E-state index contributed by atoms with van der Waals surface area (Å²) in [6.45, 7) is 0. The molecule has 0 atom stereocenters. The van der Waals surface area contributed by atoms with Crippen LogP contribution >= 0.6 is 11.6 Å². The van der Waals surface area contributed by atoms with Crippen LogP contribution in [0.4, 0.5) is 0 Å². The molecule has 4 heteroatoms. The minimum atomic E-state index is 0.741. The third-order valence-electron chi connectivity index (χ3n) is 3.26. The second-order valence-electron chi connectivity index (χ2n) is 4.47. The van der Waals surface area contributed by atoms with Crippen molar-refractivity contribution in [1.29, 1.82) is 0 Å². The monoisotopic (exact) mass is 267 g/mol. The van der Waals surface area contributed by atoms with Gasteiger partial charge in [-0.1, -0.05) is 35.9 Å². The van der Waals surface area contributed by atoms with Crippen molar-refractivity contribution in [1.82, 2.24) is 14.4 Å². The van der Waals surface area contributed by atoms with Crippen LogP contribution in [0.3, 0.4) is 0 Å². The van der Waals surface area contributed by atoms with Gasteiger partial charge in [-0.3, -0.25) is 4.40 Å².